The van der Waals surface area contributed by atoms with Gasteiger partial charge in [-0.15, -0.1) is 0 Å². The van der Waals surface area contributed by atoms with E-state index in [0.29, 0.717) is 4.57 Å². The van der Waals surface area contributed by atoms with Gasteiger partial charge in [-0.3, -0.25) is 9.09 Å². The summed E-state index contributed by atoms with van der Waals surface area (Å²) < 4.78 is 105. The number of phosphoric acid groups is 3. The lowest BCUT2D eigenvalue weighted by Crippen LogP contribution is -2.54. The van der Waals surface area contributed by atoms with Gasteiger partial charge in [0, 0.05) is 6.20 Å². The van der Waals surface area contributed by atoms with Crippen LogP contribution in [0.3, 0.4) is 0 Å². The molecule has 0 aliphatic carbocycles. The smallest absolute Gasteiger partial charge is 0.386 e. The highest BCUT2D eigenvalue weighted by Crippen LogP contribution is 2.66. The predicted molar refractivity (Wildman–Crippen MR) is 100 cm³/mol. The molecule has 1 fully saturated rings. The summed E-state index contributed by atoms with van der Waals surface area (Å²) >= 11 is 9.51. The number of nitrogens with zero attached hydrogens (tertiary/aromatic N) is 1. The molecule has 2 rings (SSSR count). The normalized spacial score (nSPS) is 30.0. The van der Waals surface area contributed by atoms with Crippen LogP contribution in [0.4, 0.5) is 17.6 Å². The molecule has 0 amide bonds. The fourth-order valence-corrected chi connectivity index (χ4v) is 6.06. The average Bonchev–Trinajstić information content (AvgIpc) is 2.82. The van der Waals surface area contributed by atoms with Crippen molar-refractivity contribution in [1.82, 2.24) is 9.55 Å². The molecule has 0 bridgehead atoms. The first-order chi connectivity index (χ1) is 14.7. The molecular weight excluding hydrogens is 573 g/mol. The van der Waals surface area contributed by atoms with Crippen LogP contribution in [0.15, 0.2) is 12.3 Å². The van der Waals surface area contributed by atoms with E-state index in [-0.39, 0.29) is 4.64 Å². The number of hydrogen-bond acceptors (Lipinski definition) is 10. The number of alkyl halides is 4. The third-order valence-electron chi connectivity index (χ3n) is 3.80. The van der Waals surface area contributed by atoms with Gasteiger partial charge in [0.25, 0.3) is 5.67 Å². The molecule has 1 aliphatic rings. The van der Waals surface area contributed by atoms with E-state index in [1.54, 1.807) is 0 Å². The lowest BCUT2D eigenvalue weighted by Gasteiger charge is -2.31. The van der Waals surface area contributed by atoms with E-state index in [9.17, 15) is 36.9 Å². The van der Waals surface area contributed by atoms with Gasteiger partial charge in [-0.05, 0) is 18.3 Å². The number of H-pyrrole nitrogens is 1. The Morgan fingerprint density at radius 2 is 1.73 bits per heavy atom. The standard InChI is InChI=1S/C10H13F4N2O12P3S2/c11-9(10(12,13)14)6(17)4(26-7(9)16-2-1-5(32)15-8(16)33)3-25-30(21,22)28-31(23,24)27-29(18,19)20/h1-2,4,6-7,17H,3H2,(H,21,22)(H,23,24)(H,15,32,33)(H2,18,19,20)/t4-,6?,7-,9?/m1/s1. The predicted octanol–water partition coefficient (Wildman–Crippen LogP) is 2.15. The maximum Gasteiger partial charge on any atom is 0.490 e. The SMILES string of the molecule is O=P(O)(O)OP(=O)(O)OP(=O)(O)OC[C@H]1O[C@@H](n2ccc(=S)[nH]c2=S)C(F)(C(F)(F)F)C1O. The fraction of sp³-hybridized carbons (Fsp3) is 0.600. The molecule has 6 N–H and O–H groups in total. The summed E-state index contributed by atoms with van der Waals surface area (Å²) in [4.78, 5) is 37.6. The number of halogens is 4. The number of aliphatic hydroxyl groups excluding tert-OH is 1. The van der Waals surface area contributed by atoms with Crippen LogP contribution in [-0.2, 0) is 31.6 Å². The molecule has 33 heavy (non-hydrogen) atoms. The van der Waals surface area contributed by atoms with Crippen molar-refractivity contribution in [3.63, 3.8) is 0 Å². The van der Waals surface area contributed by atoms with Gasteiger partial charge in [0.1, 0.15) is 16.8 Å². The molecular formula is C10H13F4N2O12P3S2. The molecule has 1 aromatic heterocycles. The number of rotatable bonds is 8. The van der Waals surface area contributed by atoms with Gasteiger partial charge in [0.2, 0.25) is 0 Å². The molecule has 6 atom stereocenters. The topological polar surface area (TPSA) is 210 Å². The number of hydrogen-bond donors (Lipinski definition) is 6. The van der Waals surface area contributed by atoms with E-state index in [2.05, 4.69) is 18.1 Å². The second-order valence-corrected chi connectivity index (χ2v) is 11.4. The van der Waals surface area contributed by atoms with Crippen molar-refractivity contribution in [1.29, 1.82) is 0 Å². The van der Waals surface area contributed by atoms with Crippen molar-refractivity contribution in [3.05, 3.63) is 21.7 Å². The Morgan fingerprint density at radius 3 is 2.21 bits per heavy atom. The Bertz CT molecular complexity index is 1160. The summed E-state index contributed by atoms with van der Waals surface area (Å²) in [6.07, 6.45) is -13.0. The molecule has 4 unspecified atom stereocenters. The van der Waals surface area contributed by atoms with Gasteiger partial charge in [0.15, 0.2) is 11.0 Å². The fourth-order valence-electron chi connectivity index (χ4n) is 2.54. The second-order valence-electron chi connectivity index (χ2n) is 6.14. The zero-order valence-electron chi connectivity index (χ0n) is 15.3. The summed E-state index contributed by atoms with van der Waals surface area (Å²) in [5.41, 5.74) is -4.54. The Labute approximate surface area is 190 Å². The van der Waals surface area contributed by atoms with E-state index >= 15 is 4.39 Å². The minimum Gasteiger partial charge on any atom is -0.386 e. The third kappa shape index (κ3) is 6.83. The monoisotopic (exact) mass is 586 g/mol. The highest BCUT2D eigenvalue weighted by atomic mass is 32.1. The maximum atomic E-state index is 15.2. The van der Waals surface area contributed by atoms with Crippen molar-refractivity contribution >= 4 is 47.9 Å². The van der Waals surface area contributed by atoms with Crippen molar-refractivity contribution in [3.8, 4) is 0 Å². The molecule has 0 radical (unpaired) electrons. The number of ether oxygens (including phenoxy) is 1. The molecule has 14 nitrogen and oxygen atoms in total. The number of aromatic nitrogens is 2. The maximum absolute atomic E-state index is 15.2. The first kappa shape index (κ1) is 28.8. The summed E-state index contributed by atoms with van der Waals surface area (Å²) in [6.45, 7) is -1.54. The van der Waals surface area contributed by atoms with Gasteiger partial charge >= 0.3 is 29.6 Å². The van der Waals surface area contributed by atoms with Crippen LogP contribution in [0.5, 0.6) is 0 Å². The van der Waals surface area contributed by atoms with Crippen LogP contribution in [0.2, 0.25) is 0 Å². The van der Waals surface area contributed by atoms with Crippen LogP contribution >= 0.6 is 47.9 Å². The zero-order valence-corrected chi connectivity index (χ0v) is 19.6. The van der Waals surface area contributed by atoms with Crippen LogP contribution < -0.4 is 0 Å². The Hall–Kier alpha value is -0.430. The molecule has 2 heterocycles. The second kappa shape index (κ2) is 9.55. The quantitative estimate of drug-likeness (QED) is 0.147. The van der Waals surface area contributed by atoms with Crippen molar-refractivity contribution < 1.29 is 73.8 Å². The summed E-state index contributed by atoms with van der Waals surface area (Å²) in [7, 11) is -17.4. The number of aliphatic hydroxyl groups is 1. The highest BCUT2D eigenvalue weighted by Gasteiger charge is 2.73. The molecule has 1 aliphatic heterocycles. The third-order valence-corrected chi connectivity index (χ3v) is 8.16. The first-order valence-electron chi connectivity index (χ1n) is 7.87. The average molecular weight is 586 g/mol. The molecule has 190 valence electrons. The molecule has 1 aromatic rings. The summed E-state index contributed by atoms with van der Waals surface area (Å²) in [5.74, 6) is 0. The lowest BCUT2D eigenvalue weighted by atomic mass is 9.95. The minimum absolute atomic E-state index is 0.0320. The van der Waals surface area contributed by atoms with Crippen molar-refractivity contribution in [2.24, 2.45) is 0 Å². The van der Waals surface area contributed by atoms with Gasteiger partial charge in [-0.2, -0.15) is 21.8 Å². The zero-order chi connectivity index (χ0) is 25.6. The lowest BCUT2D eigenvalue weighted by molar-refractivity contribution is -0.273. The minimum atomic E-state index is -5.93. The number of aromatic amines is 1. The Kier molecular flexibility index (Phi) is 8.34. The van der Waals surface area contributed by atoms with Gasteiger partial charge < -0.3 is 34.4 Å². The van der Waals surface area contributed by atoms with Crippen LogP contribution in [0, 0.1) is 9.41 Å². The van der Waals surface area contributed by atoms with E-state index in [1.807, 2.05) is 0 Å². The van der Waals surface area contributed by atoms with Crippen molar-refractivity contribution in [2.75, 3.05) is 6.61 Å². The van der Waals surface area contributed by atoms with E-state index in [4.69, 9.17) is 43.9 Å². The van der Waals surface area contributed by atoms with Crippen LogP contribution in [0.25, 0.3) is 0 Å². The summed E-state index contributed by atoms with van der Waals surface area (Å²) in [6, 6.07) is 1.02. The molecule has 1 saturated heterocycles. The molecule has 0 spiro atoms. The largest absolute Gasteiger partial charge is 0.490 e. The summed E-state index contributed by atoms with van der Waals surface area (Å²) in [5, 5.41) is 9.98. The number of nitrogens with one attached hydrogen (secondary N) is 1. The van der Waals surface area contributed by atoms with E-state index in [1.165, 1.54) is 0 Å². The van der Waals surface area contributed by atoms with Gasteiger partial charge in [-0.25, -0.2) is 18.1 Å². The van der Waals surface area contributed by atoms with Crippen LogP contribution in [0.1, 0.15) is 6.23 Å². The first-order valence-corrected chi connectivity index (χ1v) is 13.2. The number of phosphoric ester groups is 1. The molecule has 23 heteroatoms. The van der Waals surface area contributed by atoms with Gasteiger partial charge in [0.05, 0.1) is 6.61 Å². The Morgan fingerprint density at radius 1 is 1.15 bits per heavy atom. The Balaban J connectivity index is 2.29. The highest BCUT2D eigenvalue weighted by molar-refractivity contribution is 7.72. The van der Waals surface area contributed by atoms with E-state index in [0.717, 1.165) is 12.3 Å². The molecule has 0 aromatic carbocycles. The van der Waals surface area contributed by atoms with E-state index < -0.39 is 65.1 Å². The van der Waals surface area contributed by atoms with Crippen molar-refractivity contribution in [2.45, 2.75) is 30.3 Å². The van der Waals surface area contributed by atoms with Gasteiger partial charge in [-0.1, -0.05) is 12.2 Å². The molecule has 0 saturated carbocycles. The van der Waals surface area contributed by atoms with Crippen LogP contribution in [-0.4, -0.2) is 64.9 Å².